The second-order valence-corrected chi connectivity index (χ2v) is 8.88. The molecule has 2 fully saturated rings. The van der Waals surface area contributed by atoms with Gasteiger partial charge < -0.3 is 15.7 Å². The zero-order valence-electron chi connectivity index (χ0n) is 18.7. The standard InChI is InChI=1S/C24H40N4O.HI/c1-2-25-23(27-20-24(14-17-29)12-4-3-5-13-24)26-18-21-8-10-22(11-9-21)19-28-15-6-7-16-28;/h8-11,29H,2-7,12-20H2,1H3,(H2,25,26,27);1H. The van der Waals surface area contributed by atoms with E-state index in [9.17, 15) is 5.11 Å². The first-order valence-electron chi connectivity index (χ1n) is 11.7. The summed E-state index contributed by atoms with van der Waals surface area (Å²) in [6, 6.07) is 8.93. The van der Waals surface area contributed by atoms with Crippen LogP contribution in [0.15, 0.2) is 29.3 Å². The highest BCUT2D eigenvalue weighted by Gasteiger charge is 2.31. The van der Waals surface area contributed by atoms with Crippen LogP contribution in [0.1, 0.15) is 69.4 Å². The number of nitrogens with zero attached hydrogens (tertiary/aromatic N) is 2. The van der Waals surface area contributed by atoms with E-state index in [4.69, 9.17) is 4.99 Å². The lowest BCUT2D eigenvalue weighted by Gasteiger charge is -2.37. The Morgan fingerprint density at radius 3 is 2.30 bits per heavy atom. The summed E-state index contributed by atoms with van der Waals surface area (Å²) in [6.45, 7) is 8.37. The number of rotatable bonds is 9. The van der Waals surface area contributed by atoms with E-state index in [0.717, 1.165) is 32.0 Å². The van der Waals surface area contributed by atoms with Crippen LogP contribution in [0.2, 0.25) is 0 Å². The molecule has 1 aromatic rings. The maximum Gasteiger partial charge on any atom is 0.191 e. The van der Waals surface area contributed by atoms with Crippen LogP contribution in [0.4, 0.5) is 0 Å². The molecule has 1 saturated heterocycles. The third-order valence-electron chi connectivity index (χ3n) is 6.58. The predicted octanol–water partition coefficient (Wildman–Crippen LogP) is 4.29. The molecule has 170 valence electrons. The molecule has 6 heteroatoms. The van der Waals surface area contributed by atoms with Crippen LogP contribution >= 0.6 is 24.0 Å². The Hall–Kier alpha value is -0.860. The topological polar surface area (TPSA) is 59.9 Å². The molecule has 0 spiro atoms. The van der Waals surface area contributed by atoms with E-state index < -0.39 is 0 Å². The number of guanidine groups is 1. The fraction of sp³-hybridized carbons (Fsp3) is 0.708. The summed E-state index contributed by atoms with van der Waals surface area (Å²) in [5, 5.41) is 16.5. The van der Waals surface area contributed by atoms with Crippen molar-refractivity contribution in [3.8, 4) is 0 Å². The lowest BCUT2D eigenvalue weighted by atomic mass is 9.72. The normalized spacial score (nSPS) is 19.3. The smallest absolute Gasteiger partial charge is 0.191 e. The minimum absolute atomic E-state index is 0. The van der Waals surface area contributed by atoms with Crippen molar-refractivity contribution in [2.45, 2.75) is 71.4 Å². The molecular formula is C24H41IN4O. The summed E-state index contributed by atoms with van der Waals surface area (Å²) in [6.07, 6.45) is 9.86. The van der Waals surface area contributed by atoms with Gasteiger partial charge in [0.15, 0.2) is 5.96 Å². The van der Waals surface area contributed by atoms with Crippen molar-refractivity contribution < 1.29 is 5.11 Å². The van der Waals surface area contributed by atoms with Gasteiger partial charge in [-0.1, -0.05) is 43.5 Å². The monoisotopic (exact) mass is 528 g/mol. The van der Waals surface area contributed by atoms with E-state index in [1.165, 1.54) is 69.2 Å². The van der Waals surface area contributed by atoms with E-state index in [0.29, 0.717) is 6.54 Å². The summed E-state index contributed by atoms with van der Waals surface area (Å²) in [7, 11) is 0. The van der Waals surface area contributed by atoms with Crippen molar-refractivity contribution in [1.29, 1.82) is 0 Å². The van der Waals surface area contributed by atoms with Crippen molar-refractivity contribution in [3.05, 3.63) is 35.4 Å². The molecule has 1 heterocycles. The number of aliphatic imine (C=N–C) groups is 1. The lowest BCUT2D eigenvalue weighted by molar-refractivity contribution is 0.131. The van der Waals surface area contributed by atoms with Crippen molar-refractivity contribution in [3.63, 3.8) is 0 Å². The fourth-order valence-corrected chi connectivity index (χ4v) is 4.79. The van der Waals surface area contributed by atoms with Crippen molar-refractivity contribution in [2.24, 2.45) is 10.4 Å². The molecule has 0 amide bonds. The largest absolute Gasteiger partial charge is 0.396 e. The SMILES string of the molecule is CCNC(=NCc1ccc(CN2CCCC2)cc1)NCC1(CCO)CCCCC1.I. The number of aliphatic hydroxyl groups is 1. The maximum atomic E-state index is 9.54. The molecule has 0 radical (unpaired) electrons. The highest BCUT2D eigenvalue weighted by Crippen LogP contribution is 2.38. The third-order valence-corrected chi connectivity index (χ3v) is 6.58. The molecule has 1 aliphatic carbocycles. The first kappa shape index (κ1) is 25.4. The van der Waals surface area contributed by atoms with Gasteiger partial charge in [0.25, 0.3) is 0 Å². The van der Waals surface area contributed by atoms with Crippen LogP contribution in [0, 0.1) is 5.41 Å². The summed E-state index contributed by atoms with van der Waals surface area (Å²) in [5.74, 6) is 0.886. The van der Waals surface area contributed by atoms with Gasteiger partial charge in [0.1, 0.15) is 0 Å². The van der Waals surface area contributed by atoms with Crippen molar-refractivity contribution in [2.75, 3.05) is 32.8 Å². The van der Waals surface area contributed by atoms with E-state index in [2.05, 4.69) is 46.7 Å². The van der Waals surface area contributed by atoms with Crippen LogP contribution in [0.3, 0.4) is 0 Å². The zero-order chi connectivity index (χ0) is 20.4. The molecule has 1 saturated carbocycles. The van der Waals surface area contributed by atoms with Gasteiger partial charge in [0.2, 0.25) is 0 Å². The molecule has 30 heavy (non-hydrogen) atoms. The number of aliphatic hydroxyl groups excluding tert-OH is 1. The molecule has 0 bridgehead atoms. The van der Waals surface area contributed by atoms with Gasteiger partial charge in [-0.2, -0.15) is 0 Å². The molecule has 1 aromatic carbocycles. The van der Waals surface area contributed by atoms with Crippen LogP contribution in [-0.2, 0) is 13.1 Å². The Morgan fingerprint density at radius 2 is 1.67 bits per heavy atom. The molecule has 0 aromatic heterocycles. The van der Waals surface area contributed by atoms with Crippen LogP contribution < -0.4 is 10.6 Å². The van der Waals surface area contributed by atoms with Crippen molar-refractivity contribution >= 4 is 29.9 Å². The van der Waals surface area contributed by atoms with E-state index >= 15 is 0 Å². The molecule has 3 rings (SSSR count). The van der Waals surface area contributed by atoms with E-state index in [1.54, 1.807) is 0 Å². The van der Waals surface area contributed by atoms with Crippen LogP contribution in [-0.4, -0.2) is 48.8 Å². The highest BCUT2D eigenvalue weighted by atomic mass is 127. The van der Waals surface area contributed by atoms with Crippen molar-refractivity contribution in [1.82, 2.24) is 15.5 Å². The molecule has 1 aliphatic heterocycles. The minimum atomic E-state index is 0. The predicted molar refractivity (Wildman–Crippen MR) is 136 cm³/mol. The molecule has 2 aliphatic rings. The summed E-state index contributed by atoms with van der Waals surface area (Å²) < 4.78 is 0. The Labute approximate surface area is 200 Å². The first-order chi connectivity index (χ1) is 14.2. The summed E-state index contributed by atoms with van der Waals surface area (Å²) in [5.41, 5.74) is 2.86. The van der Waals surface area contributed by atoms with Crippen LogP contribution in [0.25, 0.3) is 0 Å². The minimum Gasteiger partial charge on any atom is -0.396 e. The molecule has 5 nitrogen and oxygen atoms in total. The Kier molecular flexibility index (Phi) is 11.5. The maximum absolute atomic E-state index is 9.54. The Bertz CT molecular complexity index is 617. The average molecular weight is 529 g/mol. The number of likely N-dealkylation sites (tertiary alicyclic amines) is 1. The van der Waals surface area contributed by atoms with Gasteiger partial charge in [0, 0.05) is 26.2 Å². The van der Waals surface area contributed by atoms with E-state index in [-0.39, 0.29) is 36.0 Å². The second-order valence-electron chi connectivity index (χ2n) is 8.88. The molecular weight excluding hydrogens is 487 g/mol. The molecule has 0 unspecified atom stereocenters. The fourth-order valence-electron chi connectivity index (χ4n) is 4.79. The summed E-state index contributed by atoms with van der Waals surface area (Å²) in [4.78, 5) is 7.35. The Balaban J connectivity index is 0.00000320. The van der Waals surface area contributed by atoms with Crippen LogP contribution in [0.5, 0.6) is 0 Å². The summed E-state index contributed by atoms with van der Waals surface area (Å²) >= 11 is 0. The first-order valence-corrected chi connectivity index (χ1v) is 11.7. The lowest BCUT2D eigenvalue weighted by Crippen LogP contribution is -2.44. The number of nitrogens with one attached hydrogen (secondary N) is 2. The van der Waals surface area contributed by atoms with Gasteiger partial charge in [0.05, 0.1) is 6.54 Å². The molecule has 3 N–H and O–H groups in total. The van der Waals surface area contributed by atoms with Gasteiger partial charge >= 0.3 is 0 Å². The van der Waals surface area contributed by atoms with E-state index in [1.807, 2.05) is 0 Å². The number of halogens is 1. The van der Waals surface area contributed by atoms with Gasteiger partial charge in [-0.3, -0.25) is 4.90 Å². The molecule has 0 atom stereocenters. The number of hydrogen-bond donors (Lipinski definition) is 3. The number of hydrogen-bond acceptors (Lipinski definition) is 3. The zero-order valence-corrected chi connectivity index (χ0v) is 21.0. The van der Waals surface area contributed by atoms with Gasteiger partial charge in [-0.15, -0.1) is 24.0 Å². The third kappa shape index (κ3) is 8.00. The van der Waals surface area contributed by atoms with Gasteiger partial charge in [-0.05, 0) is 68.7 Å². The second kappa shape index (κ2) is 13.5. The highest BCUT2D eigenvalue weighted by molar-refractivity contribution is 14.0. The van der Waals surface area contributed by atoms with Gasteiger partial charge in [-0.25, -0.2) is 4.99 Å². The average Bonchev–Trinajstić information content (AvgIpc) is 3.25. The Morgan fingerprint density at radius 1 is 1.00 bits per heavy atom. The number of benzene rings is 1. The quantitative estimate of drug-likeness (QED) is 0.254.